The summed E-state index contributed by atoms with van der Waals surface area (Å²) in [6.45, 7) is 9.81. The molecule has 0 bridgehead atoms. The molecule has 0 N–H and O–H groups in total. The van der Waals surface area contributed by atoms with E-state index in [1.54, 1.807) is 0 Å². The maximum atomic E-state index is 12.3. The minimum atomic E-state index is 0.245. The number of nitrogens with zero attached hydrogens (tertiary/aromatic N) is 1. The summed E-state index contributed by atoms with van der Waals surface area (Å²) in [5.41, 5.74) is 3.16. The van der Waals surface area contributed by atoms with Gasteiger partial charge in [-0.05, 0) is 39.3 Å². The Balaban J connectivity index is 1.91. The zero-order chi connectivity index (χ0) is 14.5. The molecule has 0 aliphatic carbocycles. The van der Waals surface area contributed by atoms with Crippen molar-refractivity contribution in [3.05, 3.63) is 34.9 Å². The van der Waals surface area contributed by atoms with E-state index >= 15 is 0 Å². The molecule has 1 aromatic rings. The van der Waals surface area contributed by atoms with E-state index in [2.05, 4.69) is 17.9 Å². The summed E-state index contributed by atoms with van der Waals surface area (Å²) >= 11 is 0. The van der Waals surface area contributed by atoms with Gasteiger partial charge in [0.1, 0.15) is 0 Å². The van der Waals surface area contributed by atoms with Crippen LogP contribution in [0.4, 0.5) is 0 Å². The number of hydrogen-bond acceptors (Lipinski definition) is 3. The summed E-state index contributed by atoms with van der Waals surface area (Å²) in [4.78, 5) is 14.6. The van der Waals surface area contributed by atoms with Gasteiger partial charge < -0.3 is 9.64 Å². The number of ketones is 1. The fourth-order valence-electron chi connectivity index (χ4n) is 2.82. The number of carbonyl (C=O) groups is 1. The van der Waals surface area contributed by atoms with Crippen molar-refractivity contribution in [1.29, 1.82) is 0 Å². The van der Waals surface area contributed by atoms with Gasteiger partial charge in [0, 0.05) is 38.2 Å². The summed E-state index contributed by atoms with van der Waals surface area (Å²) in [6, 6.07) is 6.08. The van der Waals surface area contributed by atoms with E-state index in [0.29, 0.717) is 6.42 Å². The topological polar surface area (TPSA) is 29.5 Å². The Kier molecular flexibility index (Phi) is 5.32. The smallest absolute Gasteiger partial charge is 0.164 e. The molecule has 1 aliphatic heterocycles. The molecule has 0 amide bonds. The number of hydrogen-bond donors (Lipinski definition) is 0. The number of aryl methyl sites for hydroxylation is 2. The molecule has 2 rings (SSSR count). The number of carbonyl (C=O) groups excluding carboxylic acids is 1. The van der Waals surface area contributed by atoms with Crippen LogP contribution in [0.25, 0.3) is 0 Å². The van der Waals surface area contributed by atoms with Gasteiger partial charge in [0.05, 0.1) is 6.10 Å². The van der Waals surface area contributed by atoms with Crippen LogP contribution in [0.2, 0.25) is 0 Å². The van der Waals surface area contributed by atoms with E-state index in [9.17, 15) is 4.79 Å². The Morgan fingerprint density at radius 3 is 2.70 bits per heavy atom. The lowest BCUT2D eigenvalue weighted by Gasteiger charge is -2.21. The first kappa shape index (κ1) is 15.2. The standard InChI is InChI=1S/C17H25NO2/c1-13-9-14(2)11-16(10-13)17(19)5-7-18-6-4-8-20-15(3)12-18/h9-11,15H,4-8,12H2,1-3H3. The summed E-state index contributed by atoms with van der Waals surface area (Å²) < 4.78 is 5.63. The summed E-state index contributed by atoms with van der Waals surface area (Å²) in [5.74, 6) is 0.245. The van der Waals surface area contributed by atoms with Crippen molar-refractivity contribution < 1.29 is 9.53 Å². The molecule has 0 saturated carbocycles. The first-order chi connectivity index (χ1) is 9.54. The van der Waals surface area contributed by atoms with Gasteiger partial charge in [-0.25, -0.2) is 0 Å². The van der Waals surface area contributed by atoms with Crippen LogP contribution in [0.1, 0.15) is 41.3 Å². The lowest BCUT2D eigenvalue weighted by atomic mass is 10.0. The molecule has 20 heavy (non-hydrogen) atoms. The molecule has 3 nitrogen and oxygen atoms in total. The minimum absolute atomic E-state index is 0.245. The molecule has 1 heterocycles. The predicted octanol–water partition coefficient (Wildman–Crippen LogP) is 2.99. The molecule has 1 saturated heterocycles. The van der Waals surface area contributed by atoms with Gasteiger partial charge in [-0.2, -0.15) is 0 Å². The second-order valence-electron chi connectivity index (χ2n) is 5.89. The van der Waals surface area contributed by atoms with E-state index in [0.717, 1.165) is 49.4 Å². The fraction of sp³-hybridized carbons (Fsp3) is 0.588. The minimum Gasteiger partial charge on any atom is -0.377 e. The largest absolute Gasteiger partial charge is 0.377 e. The molecule has 0 aromatic heterocycles. The first-order valence-corrected chi connectivity index (χ1v) is 7.50. The maximum absolute atomic E-state index is 12.3. The molecule has 1 atom stereocenters. The van der Waals surface area contributed by atoms with Gasteiger partial charge in [0.2, 0.25) is 0 Å². The first-order valence-electron chi connectivity index (χ1n) is 7.50. The third-order valence-corrected chi connectivity index (χ3v) is 3.74. The van der Waals surface area contributed by atoms with Crippen LogP contribution in [-0.4, -0.2) is 43.0 Å². The van der Waals surface area contributed by atoms with E-state index in [1.807, 2.05) is 26.0 Å². The molecule has 1 unspecified atom stereocenters. The Morgan fingerprint density at radius 2 is 2.00 bits per heavy atom. The predicted molar refractivity (Wildman–Crippen MR) is 81.3 cm³/mol. The van der Waals surface area contributed by atoms with Crippen molar-refractivity contribution in [2.45, 2.75) is 39.7 Å². The molecule has 110 valence electrons. The SMILES string of the molecule is Cc1cc(C)cc(C(=O)CCN2CCCOC(C)C2)c1. The third kappa shape index (κ3) is 4.43. The van der Waals surface area contributed by atoms with Crippen molar-refractivity contribution in [2.24, 2.45) is 0 Å². The normalized spacial score (nSPS) is 20.6. The summed E-state index contributed by atoms with van der Waals surface area (Å²) in [5, 5.41) is 0. The second-order valence-corrected chi connectivity index (χ2v) is 5.89. The number of ether oxygens (including phenoxy) is 1. The number of benzene rings is 1. The highest BCUT2D eigenvalue weighted by molar-refractivity contribution is 5.96. The second kappa shape index (κ2) is 7.00. The van der Waals surface area contributed by atoms with E-state index in [1.165, 1.54) is 0 Å². The van der Waals surface area contributed by atoms with Crippen LogP contribution in [0, 0.1) is 13.8 Å². The van der Waals surface area contributed by atoms with Crippen molar-refractivity contribution in [2.75, 3.05) is 26.2 Å². The highest BCUT2D eigenvalue weighted by atomic mass is 16.5. The van der Waals surface area contributed by atoms with E-state index < -0.39 is 0 Å². The third-order valence-electron chi connectivity index (χ3n) is 3.74. The number of rotatable bonds is 4. The zero-order valence-electron chi connectivity index (χ0n) is 12.8. The highest BCUT2D eigenvalue weighted by Gasteiger charge is 2.16. The van der Waals surface area contributed by atoms with Crippen molar-refractivity contribution in [3.63, 3.8) is 0 Å². The highest BCUT2D eigenvalue weighted by Crippen LogP contribution is 2.12. The molecular formula is C17H25NO2. The lowest BCUT2D eigenvalue weighted by molar-refractivity contribution is 0.0668. The van der Waals surface area contributed by atoms with Gasteiger partial charge in [-0.1, -0.05) is 17.2 Å². The van der Waals surface area contributed by atoms with E-state index in [4.69, 9.17) is 4.74 Å². The van der Waals surface area contributed by atoms with Crippen LogP contribution in [-0.2, 0) is 4.74 Å². The molecule has 1 aliphatic rings. The van der Waals surface area contributed by atoms with Crippen molar-refractivity contribution >= 4 is 5.78 Å². The van der Waals surface area contributed by atoms with Crippen LogP contribution in [0.5, 0.6) is 0 Å². The van der Waals surface area contributed by atoms with E-state index in [-0.39, 0.29) is 11.9 Å². The van der Waals surface area contributed by atoms with Crippen LogP contribution in [0.15, 0.2) is 18.2 Å². The summed E-state index contributed by atoms with van der Waals surface area (Å²) in [7, 11) is 0. The zero-order valence-corrected chi connectivity index (χ0v) is 12.8. The number of Topliss-reactive ketones (excluding diaryl/α,β-unsaturated/α-hetero) is 1. The fourth-order valence-corrected chi connectivity index (χ4v) is 2.82. The van der Waals surface area contributed by atoms with Crippen LogP contribution < -0.4 is 0 Å². The summed E-state index contributed by atoms with van der Waals surface area (Å²) in [6.07, 6.45) is 1.92. The average Bonchev–Trinajstić information content (AvgIpc) is 2.59. The monoisotopic (exact) mass is 275 g/mol. The Morgan fingerprint density at radius 1 is 1.30 bits per heavy atom. The quantitative estimate of drug-likeness (QED) is 0.791. The van der Waals surface area contributed by atoms with Gasteiger partial charge in [-0.15, -0.1) is 0 Å². The Labute approximate surface area is 121 Å². The molecular weight excluding hydrogens is 250 g/mol. The van der Waals surface area contributed by atoms with Gasteiger partial charge in [-0.3, -0.25) is 4.79 Å². The van der Waals surface area contributed by atoms with Crippen molar-refractivity contribution in [3.8, 4) is 0 Å². The van der Waals surface area contributed by atoms with Crippen molar-refractivity contribution in [1.82, 2.24) is 4.90 Å². The molecule has 3 heteroatoms. The maximum Gasteiger partial charge on any atom is 0.164 e. The van der Waals surface area contributed by atoms with Crippen LogP contribution in [0.3, 0.4) is 0 Å². The molecule has 1 aromatic carbocycles. The average molecular weight is 275 g/mol. The molecule has 0 spiro atoms. The Bertz CT molecular complexity index is 450. The van der Waals surface area contributed by atoms with Gasteiger partial charge in [0.15, 0.2) is 5.78 Å². The Hall–Kier alpha value is -1.19. The van der Waals surface area contributed by atoms with Crippen LogP contribution >= 0.6 is 0 Å². The van der Waals surface area contributed by atoms with Gasteiger partial charge in [0.25, 0.3) is 0 Å². The van der Waals surface area contributed by atoms with Gasteiger partial charge >= 0.3 is 0 Å². The molecule has 0 radical (unpaired) electrons. The molecule has 1 fully saturated rings. The lowest BCUT2D eigenvalue weighted by Crippen LogP contribution is -2.32.